The second-order valence-electron chi connectivity index (χ2n) is 5.05. The summed E-state index contributed by atoms with van der Waals surface area (Å²) in [6, 6.07) is 5.91. The third-order valence-corrected chi connectivity index (χ3v) is 5.02. The van der Waals surface area contributed by atoms with Gasteiger partial charge in [-0.2, -0.15) is 0 Å². The number of sulfone groups is 1. The van der Waals surface area contributed by atoms with Gasteiger partial charge in [-0.05, 0) is 37.5 Å². The lowest BCUT2D eigenvalue weighted by molar-refractivity contribution is -0.121. The van der Waals surface area contributed by atoms with Crippen LogP contribution in [0, 0.1) is 5.82 Å². The quantitative estimate of drug-likeness (QED) is 0.908. The molecule has 0 unspecified atom stereocenters. The minimum atomic E-state index is -3.41. The highest BCUT2D eigenvalue weighted by atomic mass is 32.2. The fourth-order valence-electron chi connectivity index (χ4n) is 1.91. The van der Waals surface area contributed by atoms with Gasteiger partial charge in [0.1, 0.15) is 11.1 Å². The van der Waals surface area contributed by atoms with Crippen molar-refractivity contribution in [3.8, 4) is 0 Å². The Labute approximate surface area is 111 Å². The zero-order valence-electron chi connectivity index (χ0n) is 10.8. The van der Waals surface area contributed by atoms with E-state index in [0.717, 1.165) is 24.7 Å². The maximum Gasteiger partial charge on any atom is 0.238 e. The summed E-state index contributed by atoms with van der Waals surface area (Å²) >= 11 is 0. The number of hydrogen-bond donors (Lipinski definition) is 1. The summed E-state index contributed by atoms with van der Waals surface area (Å²) in [5.74, 6) is -0.847. The third kappa shape index (κ3) is 2.94. The molecule has 0 radical (unpaired) electrons. The van der Waals surface area contributed by atoms with Crippen molar-refractivity contribution in [2.24, 2.45) is 0 Å². The van der Waals surface area contributed by atoms with Crippen LogP contribution < -0.4 is 5.32 Å². The van der Waals surface area contributed by atoms with Crippen LogP contribution in [-0.2, 0) is 20.2 Å². The molecule has 0 heterocycles. The molecule has 19 heavy (non-hydrogen) atoms. The van der Waals surface area contributed by atoms with Crippen LogP contribution in [0.3, 0.4) is 0 Å². The Morgan fingerprint density at radius 3 is 2.26 bits per heavy atom. The van der Waals surface area contributed by atoms with Crippen LogP contribution in [0.2, 0.25) is 0 Å². The van der Waals surface area contributed by atoms with E-state index in [4.69, 9.17) is 0 Å². The fraction of sp³-hybridized carbons (Fsp3) is 0.462. The van der Waals surface area contributed by atoms with E-state index in [1.807, 2.05) is 0 Å². The van der Waals surface area contributed by atoms with Crippen molar-refractivity contribution >= 4 is 15.7 Å². The second-order valence-corrected chi connectivity index (χ2v) is 7.42. The van der Waals surface area contributed by atoms with Crippen LogP contribution in [-0.4, -0.2) is 25.8 Å². The molecular weight excluding hydrogens is 269 g/mol. The molecule has 1 saturated carbocycles. The second kappa shape index (κ2) is 4.59. The van der Waals surface area contributed by atoms with Gasteiger partial charge >= 0.3 is 0 Å². The van der Waals surface area contributed by atoms with Crippen molar-refractivity contribution in [3.05, 3.63) is 35.6 Å². The molecule has 1 N–H and O–H groups in total. The number of benzene rings is 1. The molecule has 0 spiro atoms. The summed E-state index contributed by atoms with van der Waals surface area (Å²) in [7, 11) is -3.41. The lowest BCUT2D eigenvalue weighted by atomic mass is 10.0. The van der Waals surface area contributed by atoms with Crippen LogP contribution in [0.1, 0.15) is 25.3 Å². The topological polar surface area (TPSA) is 63.2 Å². The molecular formula is C13H16FNO3S. The van der Waals surface area contributed by atoms with Gasteiger partial charge < -0.3 is 5.32 Å². The van der Waals surface area contributed by atoms with E-state index < -0.39 is 26.5 Å². The van der Waals surface area contributed by atoms with E-state index in [0.29, 0.717) is 0 Å². The maximum absolute atomic E-state index is 12.9. The van der Waals surface area contributed by atoms with Gasteiger partial charge in [0.2, 0.25) is 5.91 Å². The van der Waals surface area contributed by atoms with Gasteiger partial charge in [-0.3, -0.25) is 4.79 Å². The Kier molecular flexibility index (Phi) is 3.38. The summed E-state index contributed by atoms with van der Waals surface area (Å²) in [5, 5.41) is 1.69. The monoisotopic (exact) mass is 285 g/mol. The molecule has 1 aliphatic carbocycles. The third-order valence-electron chi connectivity index (χ3n) is 3.52. The number of amides is 1. The van der Waals surface area contributed by atoms with Crippen LogP contribution in [0.15, 0.2) is 24.3 Å². The highest BCUT2D eigenvalue weighted by Crippen LogP contribution is 2.45. The number of hydrogen-bond acceptors (Lipinski definition) is 3. The zero-order chi connectivity index (χ0) is 14.3. The Bertz CT molecular complexity index is 591. The van der Waals surface area contributed by atoms with Crippen molar-refractivity contribution in [2.75, 3.05) is 6.26 Å². The standard InChI is InChI=1S/C13H16FNO3S/c1-9(19(2,17)18)12(16)15-13(7-8-13)10-3-5-11(14)6-4-10/h3-6,9H,7-8H2,1-2H3,(H,15,16)/t9-/m0/s1. The van der Waals surface area contributed by atoms with Gasteiger partial charge in [0.05, 0.1) is 5.54 Å². The molecule has 1 atom stereocenters. The summed E-state index contributed by atoms with van der Waals surface area (Å²) < 4.78 is 35.6. The predicted molar refractivity (Wildman–Crippen MR) is 69.8 cm³/mol. The maximum atomic E-state index is 12.9. The van der Waals surface area contributed by atoms with E-state index in [1.165, 1.54) is 19.1 Å². The molecule has 1 aliphatic rings. The summed E-state index contributed by atoms with van der Waals surface area (Å²) in [6.45, 7) is 1.37. The zero-order valence-corrected chi connectivity index (χ0v) is 11.6. The molecule has 1 aromatic carbocycles. The first-order valence-corrected chi connectivity index (χ1v) is 7.97. The molecule has 1 aromatic rings. The normalized spacial score (nSPS) is 18.7. The smallest absolute Gasteiger partial charge is 0.238 e. The molecule has 2 rings (SSSR count). The van der Waals surface area contributed by atoms with E-state index >= 15 is 0 Å². The van der Waals surface area contributed by atoms with Gasteiger partial charge in [-0.25, -0.2) is 12.8 Å². The molecule has 6 heteroatoms. The SMILES string of the molecule is C[C@@H](C(=O)NC1(c2ccc(F)cc2)CC1)S(C)(=O)=O. The van der Waals surface area contributed by atoms with Gasteiger partial charge in [0.25, 0.3) is 0 Å². The molecule has 0 bridgehead atoms. The van der Waals surface area contributed by atoms with Crippen LogP contribution in [0.4, 0.5) is 4.39 Å². The summed E-state index contributed by atoms with van der Waals surface area (Å²) in [6.07, 6.45) is 2.51. The van der Waals surface area contributed by atoms with E-state index in [2.05, 4.69) is 5.32 Å². The molecule has 4 nitrogen and oxygen atoms in total. The van der Waals surface area contributed by atoms with E-state index in [9.17, 15) is 17.6 Å². The number of halogens is 1. The van der Waals surface area contributed by atoms with Crippen molar-refractivity contribution in [3.63, 3.8) is 0 Å². The van der Waals surface area contributed by atoms with Gasteiger partial charge in [0, 0.05) is 6.26 Å². The van der Waals surface area contributed by atoms with Crippen molar-refractivity contribution in [1.82, 2.24) is 5.32 Å². The lowest BCUT2D eigenvalue weighted by Crippen LogP contribution is -2.43. The van der Waals surface area contributed by atoms with Gasteiger partial charge in [-0.15, -0.1) is 0 Å². The Morgan fingerprint density at radius 2 is 1.84 bits per heavy atom. The average molecular weight is 285 g/mol. The van der Waals surface area contributed by atoms with Crippen molar-refractivity contribution in [2.45, 2.75) is 30.6 Å². The molecule has 1 fully saturated rings. The van der Waals surface area contributed by atoms with Crippen LogP contribution >= 0.6 is 0 Å². The summed E-state index contributed by atoms with van der Waals surface area (Å²) in [5.41, 5.74) is 0.284. The fourth-order valence-corrected chi connectivity index (χ4v) is 2.36. The number of nitrogens with one attached hydrogen (secondary N) is 1. The molecule has 1 amide bonds. The Hall–Kier alpha value is -1.43. The van der Waals surface area contributed by atoms with Gasteiger partial charge in [0.15, 0.2) is 9.84 Å². The molecule has 104 valence electrons. The molecule has 0 saturated heterocycles. The van der Waals surface area contributed by atoms with Gasteiger partial charge in [-0.1, -0.05) is 12.1 Å². The number of carbonyl (C=O) groups excluding carboxylic acids is 1. The molecule has 0 aliphatic heterocycles. The summed E-state index contributed by atoms with van der Waals surface area (Å²) in [4.78, 5) is 11.9. The highest BCUT2D eigenvalue weighted by molar-refractivity contribution is 7.92. The van der Waals surface area contributed by atoms with E-state index in [1.54, 1.807) is 12.1 Å². The average Bonchev–Trinajstić information content (AvgIpc) is 3.08. The lowest BCUT2D eigenvalue weighted by Gasteiger charge is -2.20. The largest absolute Gasteiger partial charge is 0.345 e. The minimum Gasteiger partial charge on any atom is -0.345 e. The predicted octanol–water partition coefficient (Wildman–Crippen LogP) is 1.36. The number of carbonyl (C=O) groups is 1. The van der Waals surface area contributed by atoms with Crippen LogP contribution in [0.25, 0.3) is 0 Å². The van der Waals surface area contributed by atoms with Crippen LogP contribution in [0.5, 0.6) is 0 Å². The van der Waals surface area contributed by atoms with Crippen molar-refractivity contribution < 1.29 is 17.6 Å². The Morgan fingerprint density at radius 1 is 1.32 bits per heavy atom. The first kappa shape index (κ1) is 14.0. The van der Waals surface area contributed by atoms with E-state index in [-0.39, 0.29) is 5.82 Å². The number of rotatable bonds is 4. The first-order chi connectivity index (χ1) is 8.74. The minimum absolute atomic E-state index is 0.338. The highest BCUT2D eigenvalue weighted by Gasteiger charge is 2.46. The molecule has 0 aromatic heterocycles. The Balaban J connectivity index is 2.15. The first-order valence-electron chi connectivity index (χ1n) is 6.01. The van der Waals surface area contributed by atoms with Crippen molar-refractivity contribution in [1.29, 1.82) is 0 Å².